The van der Waals surface area contributed by atoms with Crippen molar-refractivity contribution < 1.29 is 19.4 Å². The number of carbonyl (C=O) groups excluding carboxylic acids is 2. The first-order valence-corrected chi connectivity index (χ1v) is 9.24. The van der Waals surface area contributed by atoms with Crippen LogP contribution in [0.5, 0.6) is 5.75 Å². The maximum absolute atomic E-state index is 13.1. The van der Waals surface area contributed by atoms with Gasteiger partial charge in [-0.15, -0.1) is 0 Å². The Kier molecular flexibility index (Phi) is 4.94. The molecule has 1 saturated carbocycles. The van der Waals surface area contributed by atoms with E-state index in [1.807, 2.05) is 66.7 Å². The van der Waals surface area contributed by atoms with Crippen molar-refractivity contribution >= 4 is 11.9 Å². The highest BCUT2D eigenvalue weighted by molar-refractivity contribution is 5.85. The minimum Gasteiger partial charge on any atom is -0.550 e. The molecule has 0 aromatic heterocycles. The van der Waals surface area contributed by atoms with Crippen LogP contribution in [-0.4, -0.2) is 11.9 Å². The lowest BCUT2D eigenvalue weighted by atomic mass is 9.52. The second-order valence-corrected chi connectivity index (χ2v) is 6.98. The number of esters is 1. The molecule has 1 aliphatic carbocycles. The van der Waals surface area contributed by atoms with Crippen molar-refractivity contribution in [3.05, 3.63) is 102 Å². The molecule has 0 saturated heterocycles. The van der Waals surface area contributed by atoms with Gasteiger partial charge in [-0.3, -0.25) is 4.79 Å². The summed E-state index contributed by atoms with van der Waals surface area (Å²) in [4.78, 5) is 25.1. The van der Waals surface area contributed by atoms with E-state index in [9.17, 15) is 14.7 Å². The van der Waals surface area contributed by atoms with Crippen LogP contribution < -0.4 is 9.84 Å². The molecule has 2 atom stereocenters. The lowest BCUT2D eigenvalue weighted by molar-refractivity contribution is -0.317. The number of aliphatic carboxylic acids is 1. The second-order valence-electron chi connectivity index (χ2n) is 6.98. The van der Waals surface area contributed by atoms with E-state index in [0.717, 1.165) is 11.1 Å². The van der Waals surface area contributed by atoms with Gasteiger partial charge in [0.1, 0.15) is 5.75 Å². The summed E-state index contributed by atoms with van der Waals surface area (Å²) in [6.07, 6.45) is 0. The molecule has 4 heteroatoms. The number of carboxylic acid groups (broad SMARTS) is 1. The Morgan fingerprint density at radius 1 is 0.643 bits per heavy atom. The molecular formula is C24H19O4-. The average Bonchev–Trinajstić information content (AvgIpc) is 2.69. The molecule has 1 fully saturated rings. The van der Waals surface area contributed by atoms with Crippen LogP contribution in [-0.2, 0) is 9.59 Å². The summed E-state index contributed by atoms with van der Waals surface area (Å²) in [7, 11) is 0. The first kappa shape index (κ1) is 18.0. The third-order valence-electron chi connectivity index (χ3n) is 5.42. The number of carbonyl (C=O) groups is 2. The molecule has 140 valence electrons. The standard InChI is InChI=1S/C24H20O4/c25-23(26)21-19(16-10-4-1-5-11-16)22(20(21)17-12-6-2-7-13-17)24(27)28-18-14-8-3-9-15-18/h1-15,19-22H,(H,25,26)/p-1/t19-,20-,21?,22?/m0/s1. The fourth-order valence-electron chi connectivity index (χ4n) is 4.19. The van der Waals surface area contributed by atoms with Crippen LogP contribution in [0.2, 0.25) is 0 Å². The van der Waals surface area contributed by atoms with Crippen LogP contribution >= 0.6 is 0 Å². The van der Waals surface area contributed by atoms with E-state index in [0.29, 0.717) is 5.75 Å². The van der Waals surface area contributed by atoms with Crippen LogP contribution in [0.4, 0.5) is 0 Å². The highest BCUT2D eigenvalue weighted by Crippen LogP contribution is 2.57. The minimum absolute atomic E-state index is 0.425. The van der Waals surface area contributed by atoms with E-state index in [1.54, 1.807) is 24.3 Å². The van der Waals surface area contributed by atoms with E-state index >= 15 is 0 Å². The quantitative estimate of drug-likeness (QED) is 0.510. The zero-order valence-corrected chi connectivity index (χ0v) is 15.1. The van der Waals surface area contributed by atoms with E-state index in [-0.39, 0.29) is 0 Å². The van der Waals surface area contributed by atoms with Crippen molar-refractivity contribution in [3.8, 4) is 5.75 Å². The Hall–Kier alpha value is -3.40. The Morgan fingerprint density at radius 2 is 1.07 bits per heavy atom. The highest BCUT2D eigenvalue weighted by atomic mass is 16.5. The zero-order chi connectivity index (χ0) is 19.5. The first-order chi connectivity index (χ1) is 13.7. The molecular weight excluding hydrogens is 352 g/mol. The topological polar surface area (TPSA) is 66.4 Å². The van der Waals surface area contributed by atoms with Crippen LogP contribution in [0.1, 0.15) is 23.0 Å². The predicted octanol–water partition coefficient (Wildman–Crippen LogP) is 3.16. The highest BCUT2D eigenvalue weighted by Gasteiger charge is 2.56. The molecule has 0 bridgehead atoms. The summed E-state index contributed by atoms with van der Waals surface area (Å²) in [5.74, 6) is -3.51. The van der Waals surface area contributed by atoms with Crippen molar-refractivity contribution in [1.82, 2.24) is 0 Å². The van der Waals surface area contributed by atoms with Gasteiger partial charge < -0.3 is 14.6 Å². The van der Waals surface area contributed by atoms with E-state index in [2.05, 4.69) is 0 Å². The van der Waals surface area contributed by atoms with Crippen LogP contribution in [0.25, 0.3) is 0 Å². The van der Waals surface area contributed by atoms with E-state index in [1.165, 1.54) is 0 Å². The molecule has 0 spiro atoms. The molecule has 28 heavy (non-hydrogen) atoms. The van der Waals surface area contributed by atoms with Crippen molar-refractivity contribution in [3.63, 3.8) is 0 Å². The normalized spacial score (nSPS) is 23.4. The SMILES string of the molecule is O=C([O-])C1[C@H](c2ccccc2)C(C(=O)Oc2ccccc2)[C@H]1c1ccccc1. The van der Waals surface area contributed by atoms with Gasteiger partial charge >= 0.3 is 5.97 Å². The molecule has 4 nitrogen and oxygen atoms in total. The second kappa shape index (κ2) is 7.69. The average molecular weight is 371 g/mol. The summed E-state index contributed by atoms with van der Waals surface area (Å²) >= 11 is 0. The number of hydrogen-bond donors (Lipinski definition) is 0. The fraction of sp³-hybridized carbons (Fsp3) is 0.167. The van der Waals surface area contributed by atoms with Crippen molar-refractivity contribution in [2.24, 2.45) is 11.8 Å². The van der Waals surface area contributed by atoms with Crippen LogP contribution in [0, 0.1) is 11.8 Å². The molecule has 3 aromatic carbocycles. The first-order valence-electron chi connectivity index (χ1n) is 9.24. The molecule has 0 amide bonds. The number of benzene rings is 3. The molecule has 0 radical (unpaired) electrons. The van der Waals surface area contributed by atoms with Crippen molar-refractivity contribution in [2.75, 3.05) is 0 Å². The third-order valence-corrected chi connectivity index (χ3v) is 5.42. The number of ether oxygens (including phenoxy) is 1. The number of carboxylic acids is 1. The van der Waals surface area contributed by atoms with E-state index < -0.39 is 35.6 Å². The maximum atomic E-state index is 13.1. The Labute approximate surface area is 163 Å². The monoisotopic (exact) mass is 371 g/mol. The number of para-hydroxylation sites is 1. The summed E-state index contributed by atoms with van der Waals surface area (Å²) < 4.78 is 5.60. The largest absolute Gasteiger partial charge is 0.550 e. The lowest BCUT2D eigenvalue weighted by Crippen LogP contribution is -2.55. The Morgan fingerprint density at radius 3 is 1.50 bits per heavy atom. The summed E-state index contributed by atoms with van der Waals surface area (Å²) in [5.41, 5.74) is 1.61. The van der Waals surface area contributed by atoms with Gasteiger partial charge in [0.25, 0.3) is 0 Å². The lowest BCUT2D eigenvalue weighted by Gasteiger charge is -2.51. The van der Waals surface area contributed by atoms with Crippen LogP contribution in [0.3, 0.4) is 0 Å². The molecule has 0 aliphatic heterocycles. The van der Waals surface area contributed by atoms with Gasteiger partial charge in [0.15, 0.2) is 0 Å². The number of rotatable bonds is 5. The van der Waals surface area contributed by atoms with Gasteiger partial charge in [0.2, 0.25) is 0 Å². The van der Waals surface area contributed by atoms with Gasteiger partial charge in [-0.2, -0.15) is 0 Å². The van der Waals surface area contributed by atoms with Crippen molar-refractivity contribution in [1.29, 1.82) is 0 Å². The predicted molar refractivity (Wildman–Crippen MR) is 102 cm³/mol. The van der Waals surface area contributed by atoms with Gasteiger partial charge in [-0.05, 0) is 23.3 Å². The Bertz CT molecular complexity index is 906. The zero-order valence-electron chi connectivity index (χ0n) is 15.1. The van der Waals surface area contributed by atoms with Gasteiger partial charge in [-0.1, -0.05) is 78.9 Å². The molecule has 3 aromatic rings. The summed E-state index contributed by atoms with van der Waals surface area (Å²) in [6.45, 7) is 0. The molecule has 4 rings (SSSR count). The molecule has 0 heterocycles. The molecule has 0 N–H and O–H groups in total. The number of hydrogen-bond acceptors (Lipinski definition) is 4. The van der Waals surface area contributed by atoms with Crippen molar-refractivity contribution in [2.45, 2.75) is 11.8 Å². The fourth-order valence-corrected chi connectivity index (χ4v) is 4.19. The third kappa shape index (κ3) is 3.29. The van der Waals surface area contributed by atoms with Gasteiger partial charge in [-0.25, -0.2) is 0 Å². The maximum Gasteiger partial charge on any atom is 0.315 e. The summed E-state index contributed by atoms with van der Waals surface area (Å²) in [6, 6.07) is 27.3. The molecule has 1 aliphatic rings. The van der Waals surface area contributed by atoms with Gasteiger partial charge in [0.05, 0.1) is 5.92 Å². The minimum atomic E-state index is -1.15. The van der Waals surface area contributed by atoms with Gasteiger partial charge in [0, 0.05) is 23.7 Å². The smallest absolute Gasteiger partial charge is 0.315 e. The van der Waals surface area contributed by atoms with Crippen LogP contribution in [0.15, 0.2) is 91.0 Å². The Balaban J connectivity index is 1.73. The van der Waals surface area contributed by atoms with E-state index in [4.69, 9.17) is 4.74 Å². The molecule has 0 unspecified atom stereocenters. The summed E-state index contributed by atoms with van der Waals surface area (Å²) in [5, 5.41) is 12.0.